The van der Waals surface area contributed by atoms with Gasteiger partial charge < -0.3 is 14.5 Å². The molecule has 0 radical (unpaired) electrons. The highest BCUT2D eigenvalue weighted by atomic mass is 16.5. The highest BCUT2D eigenvalue weighted by Crippen LogP contribution is 2.24. The summed E-state index contributed by atoms with van der Waals surface area (Å²) >= 11 is 0. The smallest absolute Gasteiger partial charge is 0.359 e. The maximum Gasteiger partial charge on any atom is 0.359 e. The van der Waals surface area contributed by atoms with E-state index in [0.717, 1.165) is 16.8 Å². The van der Waals surface area contributed by atoms with Crippen LogP contribution in [0, 0.1) is 6.92 Å². The van der Waals surface area contributed by atoms with Crippen molar-refractivity contribution in [2.45, 2.75) is 6.92 Å². The molecule has 8 heteroatoms. The second kappa shape index (κ2) is 9.03. The highest BCUT2D eigenvalue weighted by Gasteiger charge is 2.17. The molecule has 34 heavy (non-hydrogen) atoms. The fraction of sp³-hybridized carbons (Fsp3) is 0.0769. The Balaban J connectivity index is 1.32. The third-order valence-electron chi connectivity index (χ3n) is 5.21. The normalized spacial score (nSPS) is 10.9. The molecule has 0 aliphatic heterocycles. The van der Waals surface area contributed by atoms with Crippen molar-refractivity contribution in [2.75, 3.05) is 11.9 Å². The number of anilines is 1. The van der Waals surface area contributed by atoms with Crippen LogP contribution in [0.15, 0.2) is 91.3 Å². The lowest BCUT2D eigenvalue weighted by molar-refractivity contribution is -0.119. The number of nitrogens with one attached hydrogen (secondary N) is 1. The van der Waals surface area contributed by atoms with Crippen LogP contribution < -0.4 is 5.32 Å². The van der Waals surface area contributed by atoms with Crippen molar-refractivity contribution in [2.24, 2.45) is 0 Å². The van der Waals surface area contributed by atoms with Crippen LogP contribution in [0.2, 0.25) is 0 Å². The number of benzene rings is 2. The number of imidazole rings is 1. The van der Waals surface area contributed by atoms with E-state index in [9.17, 15) is 9.59 Å². The van der Waals surface area contributed by atoms with Crippen LogP contribution in [0.4, 0.5) is 5.82 Å². The fourth-order valence-corrected chi connectivity index (χ4v) is 3.55. The Bertz CT molecular complexity index is 1470. The molecule has 3 heterocycles. The predicted octanol–water partition coefficient (Wildman–Crippen LogP) is 4.29. The Kier molecular flexibility index (Phi) is 5.61. The number of aryl methyl sites for hydroxylation is 1. The molecular weight excluding hydrogens is 430 g/mol. The number of rotatable bonds is 6. The zero-order valence-electron chi connectivity index (χ0n) is 18.4. The molecular formula is C26H21N5O3. The molecule has 2 aromatic carbocycles. The van der Waals surface area contributed by atoms with E-state index in [0.29, 0.717) is 17.2 Å². The zero-order chi connectivity index (χ0) is 23.5. The number of para-hydroxylation sites is 1. The van der Waals surface area contributed by atoms with E-state index in [4.69, 9.17) is 4.74 Å². The molecule has 0 spiro atoms. The monoisotopic (exact) mass is 451 g/mol. The van der Waals surface area contributed by atoms with Crippen LogP contribution in [0.3, 0.4) is 0 Å². The molecule has 0 saturated carbocycles. The van der Waals surface area contributed by atoms with Crippen molar-refractivity contribution in [3.8, 4) is 16.9 Å². The number of hydrogen-bond acceptors (Lipinski definition) is 5. The summed E-state index contributed by atoms with van der Waals surface area (Å²) in [6, 6.07) is 24.7. The van der Waals surface area contributed by atoms with Gasteiger partial charge in [0.25, 0.3) is 5.91 Å². The van der Waals surface area contributed by atoms with Crippen molar-refractivity contribution in [3.63, 3.8) is 0 Å². The lowest BCUT2D eigenvalue weighted by atomic mass is 10.2. The summed E-state index contributed by atoms with van der Waals surface area (Å²) in [5.41, 5.74) is 4.22. The van der Waals surface area contributed by atoms with Crippen molar-refractivity contribution in [1.82, 2.24) is 19.2 Å². The Hall–Kier alpha value is -4.72. The van der Waals surface area contributed by atoms with Gasteiger partial charge in [0.1, 0.15) is 11.5 Å². The van der Waals surface area contributed by atoms with Crippen LogP contribution in [0.25, 0.3) is 22.6 Å². The predicted molar refractivity (Wildman–Crippen MR) is 128 cm³/mol. The minimum absolute atomic E-state index is 0.138. The zero-order valence-corrected chi connectivity index (χ0v) is 18.4. The Morgan fingerprint density at radius 2 is 1.71 bits per heavy atom. The molecule has 1 N–H and O–H groups in total. The van der Waals surface area contributed by atoms with Crippen molar-refractivity contribution < 1.29 is 14.3 Å². The summed E-state index contributed by atoms with van der Waals surface area (Å²) in [4.78, 5) is 29.3. The van der Waals surface area contributed by atoms with E-state index in [1.54, 1.807) is 21.3 Å². The summed E-state index contributed by atoms with van der Waals surface area (Å²) in [5, 5.41) is 7.46. The largest absolute Gasteiger partial charge is 0.451 e. The number of ether oxygens (including phenoxy) is 1. The third-order valence-corrected chi connectivity index (χ3v) is 5.21. The second-order valence-electron chi connectivity index (χ2n) is 7.75. The quantitative estimate of drug-likeness (QED) is 0.389. The van der Waals surface area contributed by atoms with E-state index < -0.39 is 18.5 Å². The first-order chi connectivity index (χ1) is 16.6. The minimum Gasteiger partial charge on any atom is -0.451 e. The van der Waals surface area contributed by atoms with Gasteiger partial charge in [-0.3, -0.25) is 4.79 Å². The number of pyridine rings is 1. The first-order valence-electron chi connectivity index (χ1n) is 10.7. The summed E-state index contributed by atoms with van der Waals surface area (Å²) in [5.74, 6) is -0.683. The summed E-state index contributed by atoms with van der Waals surface area (Å²) in [6.45, 7) is 1.49. The summed E-state index contributed by atoms with van der Waals surface area (Å²) in [7, 11) is 0. The van der Waals surface area contributed by atoms with Gasteiger partial charge in [0.2, 0.25) is 0 Å². The molecule has 0 unspecified atom stereocenters. The first kappa shape index (κ1) is 21.1. The molecule has 5 aromatic rings. The molecule has 3 aromatic heterocycles. The molecule has 1 amide bonds. The molecule has 8 nitrogen and oxygen atoms in total. The van der Waals surface area contributed by atoms with Gasteiger partial charge in [0, 0.05) is 24.0 Å². The fourth-order valence-electron chi connectivity index (χ4n) is 3.55. The van der Waals surface area contributed by atoms with Gasteiger partial charge in [-0.05, 0) is 36.8 Å². The standard InChI is InChI=1S/C26H21N5O3/c1-18-12-13-30-16-22(27-23(30)14-18)26(33)34-17-25(32)28-24-15-21(19-8-4-2-5-9-19)29-31(24)20-10-6-3-7-11-20/h2-16H,17H2,1H3,(H,28,32). The van der Waals surface area contributed by atoms with Crippen LogP contribution in [-0.4, -0.2) is 37.6 Å². The Labute approximate surface area is 195 Å². The lowest BCUT2D eigenvalue weighted by Gasteiger charge is -2.09. The van der Waals surface area contributed by atoms with Gasteiger partial charge in [-0.2, -0.15) is 5.10 Å². The number of esters is 1. The number of aromatic nitrogens is 4. The topological polar surface area (TPSA) is 90.5 Å². The molecule has 5 rings (SSSR count). The van der Waals surface area contributed by atoms with Crippen LogP contribution in [0.5, 0.6) is 0 Å². The van der Waals surface area contributed by atoms with E-state index in [1.807, 2.05) is 85.9 Å². The van der Waals surface area contributed by atoms with E-state index in [-0.39, 0.29) is 5.69 Å². The van der Waals surface area contributed by atoms with Crippen LogP contribution in [-0.2, 0) is 9.53 Å². The highest BCUT2D eigenvalue weighted by molar-refractivity contribution is 5.95. The molecule has 0 atom stereocenters. The summed E-state index contributed by atoms with van der Waals surface area (Å²) < 4.78 is 8.58. The number of amides is 1. The van der Waals surface area contributed by atoms with Gasteiger partial charge in [-0.15, -0.1) is 0 Å². The first-order valence-corrected chi connectivity index (χ1v) is 10.7. The molecule has 168 valence electrons. The Morgan fingerprint density at radius 1 is 0.971 bits per heavy atom. The SMILES string of the molecule is Cc1ccn2cc(C(=O)OCC(=O)Nc3cc(-c4ccccc4)nn3-c3ccccc3)nc2c1. The van der Waals surface area contributed by atoms with Crippen LogP contribution in [0.1, 0.15) is 16.1 Å². The maximum absolute atomic E-state index is 12.6. The van der Waals surface area contributed by atoms with E-state index >= 15 is 0 Å². The molecule has 0 bridgehead atoms. The second-order valence-corrected chi connectivity index (χ2v) is 7.75. The average molecular weight is 451 g/mol. The van der Waals surface area contributed by atoms with Gasteiger partial charge >= 0.3 is 5.97 Å². The number of fused-ring (bicyclic) bond motifs is 1. The molecule has 0 aliphatic rings. The van der Waals surface area contributed by atoms with Gasteiger partial charge in [0.05, 0.1) is 11.4 Å². The number of hydrogen-bond donors (Lipinski definition) is 1. The number of carbonyl (C=O) groups is 2. The molecule has 0 fully saturated rings. The Morgan fingerprint density at radius 3 is 2.47 bits per heavy atom. The van der Waals surface area contributed by atoms with Crippen molar-refractivity contribution in [1.29, 1.82) is 0 Å². The number of nitrogens with zero attached hydrogens (tertiary/aromatic N) is 4. The van der Waals surface area contributed by atoms with Crippen LogP contribution >= 0.6 is 0 Å². The van der Waals surface area contributed by atoms with Crippen molar-refractivity contribution >= 4 is 23.3 Å². The van der Waals surface area contributed by atoms with E-state index in [2.05, 4.69) is 15.4 Å². The third kappa shape index (κ3) is 4.42. The van der Waals surface area contributed by atoms with E-state index in [1.165, 1.54) is 0 Å². The van der Waals surface area contributed by atoms with Crippen molar-refractivity contribution in [3.05, 3.63) is 103 Å². The lowest BCUT2D eigenvalue weighted by Crippen LogP contribution is -2.22. The molecule has 0 aliphatic carbocycles. The minimum atomic E-state index is -0.668. The average Bonchev–Trinajstić information content (AvgIpc) is 3.48. The van der Waals surface area contributed by atoms with Gasteiger partial charge in [-0.25, -0.2) is 14.5 Å². The maximum atomic E-state index is 12.6. The summed E-state index contributed by atoms with van der Waals surface area (Å²) in [6.07, 6.45) is 3.39. The van der Waals surface area contributed by atoms with Gasteiger partial charge in [-0.1, -0.05) is 48.5 Å². The molecule has 0 saturated heterocycles. The number of carbonyl (C=O) groups excluding carboxylic acids is 2. The van der Waals surface area contributed by atoms with Gasteiger partial charge in [0.15, 0.2) is 12.3 Å².